The Balaban J connectivity index is 2.27. The van der Waals surface area contributed by atoms with Crippen molar-refractivity contribution in [3.8, 4) is 11.5 Å². The van der Waals surface area contributed by atoms with Gasteiger partial charge < -0.3 is 10.2 Å². The van der Waals surface area contributed by atoms with Crippen LogP contribution >= 0.6 is 11.6 Å². The van der Waals surface area contributed by atoms with E-state index in [4.69, 9.17) is 21.8 Å². The highest BCUT2D eigenvalue weighted by Gasteiger charge is 2.13. The highest BCUT2D eigenvalue weighted by atomic mass is 35.5. The first-order chi connectivity index (χ1) is 9.63. The maximum Gasteiger partial charge on any atom is 0.319 e. The summed E-state index contributed by atoms with van der Waals surface area (Å²) in [7, 11) is 0. The maximum atomic E-state index is 10.9. The second-order valence-corrected chi connectivity index (χ2v) is 4.46. The minimum atomic E-state index is -0.733. The highest BCUT2D eigenvalue weighted by molar-refractivity contribution is 6.31. The molecule has 0 spiro atoms. The molecule has 2 amide bonds. The minimum Gasteiger partial charge on any atom is -0.463 e. The van der Waals surface area contributed by atoms with Crippen molar-refractivity contribution in [3.63, 3.8) is 0 Å². The van der Waals surface area contributed by atoms with E-state index in [0.29, 0.717) is 22.0 Å². The van der Waals surface area contributed by atoms with Crippen LogP contribution in [0.25, 0.3) is 22.4 Å². The molecule has 3 N–H and O–H groups in total. The van der Waals surface area contributed by atoms with Gasteiger partial charge in [-0.15, -0.1) is 0 Å². The fourth-order valence-electron chi connectivity index (χ4n) is 1.87. The number of furan rings is 1. The lowest BCUT2D eigenvalue weighted by molar-refractivity contribution is 0.259. The molecular weight excluding hydrogens is 280 g/mol. The Morgan fingerprint density at radius 2 is 2.15 bits per heavy atom. The summed E-state index contributed by atoms with van der Waals surface area (Å²) in [5, 5.41) is 3.64. The van der Waals surface area contributed by atoms with E-state index in [1.54, 1.807) is 30.3 Å². The number of hydrogen-bond donors (Lipinski definition) is 2. The summed E-state index contributed by atoms with van der Waals surface area (Å²) in [5.74, 6) is 0.658. The average molecular weight is 289 g/mol. The number of nitrogens with one attached hydrogen (secondary N) is 1. The van der Waals surface area contributed by atoms with E-state index in [2.05, 4.69) is 15.3 Å². The van der Waals surface area contributed by atoms with Gasteiger partial charge in [-0.2, -0.15) is 0 Å². The smallest absolute Gasteiger partial charge is 0.319 e. The van der Waals surface area contributed by atoms with Crippen LogP contribution in [0.3, 0.4) is 0 Å². The molecule has 0 fully saturated rings. The van der Waals surface area contributed by atoms with Gasteiger partial charge in [-0.25, -0.2) is 14.8 Å². The number of nitrogens with two attached hydrogens (primary N) is 1. The van der Waals surface area contributed by atoms with Crippen molar-refractivity contribution in [1.82, 2.24) is 9.97 Å². The summed E-state index contributed by atoms with van der Waals surface area (Å²) in [5.41, 5.74) is 6.24. The molecule has 0 radical (unpaired) electrons. The first kappa shape index (κ1) is 12.4. The molecule has 3 aromatic rings. The summed E-state index contributed by atoms with van der Waals surface area (Å²) >= 11 is 6.00. The van der Waals surface area contributed by atoms with Crippen molar-refractivity contribution in [3.05, 3.63) is 41.6 Å². The molecule has 100 valence electrons. The third kappa shape index (κ3) is 2.28. The van der Waals surface area contributed by atoms with Crippen molar-refractivity contribution in [2.24, 2.45) is 5.73 Å². The molecule has 0 unspecified atom stereocenters. The zero-order valence-electron chi connectivity index (χ0n) is 10.1. The number of anilines is 1. The van der Waals surface area contributed by atoms with Crippen molar-refractivity contribution >= 4 is 34.5 Å². The second-order valence-electron chi connectivity index (χ2n) is 4.02. The lowest BCUT2D eigenvalue weighted by Crippen LogP contribution is -2.21. The van der Waals surface area contributed by atoms with Crippen LogP contribution in [0.5, 0.6) is 0 Å². The fraction of sp³-hybridized carbons (Fsp3) is 0. The van der Waals surface area contributed by atoms with E-state index >= 15 is 0 Å². The van der Waals surface area contributed by atoms with Gasteiger partial charge in [-0.05, 0) is 30.3 Å². The number of nitrogens with zero attached hydrogens (tertiary/aromatic N) is 2. The molecule has 1 aromatic carbocycles. The number of aromatic nitrogens is 2. The van der Waals surface area contributed by atoms with Crippen LogP contribution in [0.1, 0.15) is 0 Å². The molecule has 2 aromatic heterocycles. The van der Waals surface area contributed by atoms with Gasteiger partial charge in [0, 0.05) is 10.4 Å². The van der Waals surface area contributed by atoms with Crippen LogP contribution in [-0.4, -0.2) is 16.0 Å². The predicted molar refractivity (Wildman–Crippen MR) is 75.5 cm³/mol. The first-order valence-electron chi connectivity index (χ1n) is 5.71. The SMILES string of the molecule is NC(=O)Nc1nc(-c2ccco2)c2cc(Cl)ccc2n1. The van der Waals surface area contributed by atoms with Gasteiger partial charge in [0.25, 0.3) is 0 Å². The van der Waals surface area contributed by atoms with E-state index in [1.165, 1.54) is 6.26 Å². The Labute approximate surface area is 118 Å². The van der Waals surface area contributed by atoms with Gasteiger partial charge in [-0.1, -0.05) is 11.6 Å². The summed E-state index contributed by atoms with van der Waals surface area (Å²) < 4.78 is 5.35. The van der Waals surface area contributed by atoms with Crippen LogP contribution in [0.4, 0.5) is 10.7 Å². The zero-order valence-corrected chi connectivity index (χ0v) is 10.9. The third-order valence-corrected chi connectivity index (χ3v) is 2.88. The van der Waals surface area contributed by atoms with Crippen molar-refractivity contribution in [1.29, 1.82) is 0 Å². The Hall–Kier alpha value is -2.60. The molecule has 0 aliphatic heterocycles. The molecule has 0 atom stereocenters. The standard InChI is InChI=1S/C13H9ClN4O2/c14-7-3-4-9-8(6-7)11(10-2-1-5-20-10)17-13(16-9)18-12(15)19/h1-6H,(H3,15,16,17,18,19). The number of carbonyl (C=O) groups is 1. The van der Waals surface area contributed by atoms with E-state index in [1.807, 2.05) is 0 Å². The van der Waals surface area contributed by atoms with Gasteiger partial charge >= 0.3 is 6.03 Å². The maximum absolute atomic E-state index is 10.9. The Morgan fingerprint density at radius 1 is 1.30 bits per heavy atom. The molecule has 0 aliphatic rings. The van der Waals surface area contributed by atoms with E-state index in [9.17, 15) is 4.79 Å². The van der Waals surface area contributed by atoms with Crippen molar-refractivity contribution < 1.29 is 9.21 Å². The number of halogens is 1. The first-order valence-corrected chi connectivity index (χ1v) is 6.09. The fourth-order valence-corrected chi connectivity index (χ4v) is 2.04. The number of carbonyl (C=O) groups excluding carboxylic acids is 1. The van der Waals surface area contributed by atoms with Gasteiger partial charge in [0.05, 0.1) is 11.8 Å². The largest absolute Gasteiger partial charge is 0.463 e. The van der Waals surface area contributed by atoms with Crippen molar-refractivity contribution in [2.45, 2.75) is 0 Å². The molecule has 0 bridgehead atoms. The number of primary amides is 1. The monoisotopic (exact) mass is 288 g/mol. The normalized spacial score (nSPS) is 10.7. The molecule has 0 aliphatic carbocycles. The quantitative estimate of drug-likeness (QED) is 0.758. The second kappa shape index (κ2) is 4.82. The molecule has 2 heterocycles. The Bertz CT molecular complexity index is 786. The minimum absolute atomic E-state index is 0.110. The number of amides is 2. The lowest BCUT2D eigenvalue weighted by atomic mass is 10.1. The average Bonchev–Trinajstić information content (AvgIpc) is 2.91. The van der Waals surface area contributed by atoms with Crippen LogP contribution in [0, 0.1) is 0 Å². The van der Waals surface area contributed by atoms with Crippen molar-refractivity contribution in [2.75, 3.05) is 5.32 Å². The van der Waals surface area contributed by atoms with Crippen LogP contribution < -0.4 is 11.1 Å². The molecule has 6 nitrogen and oxygen atoms in total. The number of fused-ring (bicyclic) bond motifs is 1. The van der Waals surface area contributed by atoms with E-state index in [-0.39, 0.29) is 5.95 Å². The molecule has 3 rings (SSSR count). The molecule has 0 saturated heterocycles. The third-order valence-electron chi connectivity index (χ3n) is 2.65. The number of hydrogen-bond acceptors (Lipinski definition) is 4. The summed E-state index contributed by atoms with van der Waals surface area (Å²) in [6, 6.07) is 7.95. The van der Waals surface area contributed by atoms with Gasteiger partial charge in [0.2, 0.25) is 5.95 Å². The van der Waals surface area contributed by atoms with Crippen LogP contribution in [0.15, 0.2) is 41.0 Å². The summed E-state index contributed by atoms with van der Waals surface area (Å²) in [6.07, 6.45) is 1.54. The van der Waals surface area contributed by atoms with Crippen LogP contribution in [-0.2, 0) is 0 Å². The molecule has 7 heteroatoms. The van der Waals surface area contributed by atoms with Gasteiger partial charge in [0.1, 0.15) is 5.69 Å². The van der Waals surface area contributed by atoms with E-state index < -0.39 is 6.03 Å². The van der Waals surface area contributed by atoms with E-state index in [0.717, 1.165) is 5.39 Å². The number of rotatable bonds is 2. The molecular formula is C13H9ClN4O2. The number of urea groups is 1. The Kier molecular flexibility index (Phi) is 3.00. The van der Waals surface area contributed by atoms with Crippen LogP contribution in [0.2, 0.25) is 5.02 Å². The summed E-state index contributed by atoms with van der Waals surface area (Å²) in [6.45, 7) is 0. The molecule has 0 saturated carbocycles. The lowest BCUT2D eigenvalue weighted by Gasteiger charge is -2.07. The van der Waals surface area contributed by atoms with Gasteiger partial charge in [0.15, 0.2) is 5.76 Å². The summed E-state index contributed by atoms with van der Waals surface area (Å²) in [4.78, 5) is 19.4. The number of benzene rings is 1. The Morgan fingerprint density at radius 3 is 2.85 bits per heavy atom. The molecule has 20 heavy (non-hydrogen) atoms. The van der Waals surface area contributed by atoms with Gasteiger partial charge in [-0.3, -0.25) is 5.32 Å². The zero-order chi connectivity index (χ0) is 14.1. The topological polar surface area (TPSA) is 94.0 Å². The predicted octanol–water partition coefficient (Wildman–Crippen LogP) is 3.03. The highest BCUT2D eigenvalue weighted by Crippen LogP contribution is 2.29.